The van der Waals surface area contributed by atoms with Crippen LogP contribution in [-0.2, 0) is 12.8 Å². The predicted octanol–water partition coefficient (Wildman–Crippen LogP) is 3.46. The molecule has 104 valence electrons. The van der Waals surface area contributed by atoms with Crippen molar-refractivity contribution in [3.63, 3.8) is 0 Å². The fraction of sp³-hybridized carbons (Fsp3) is 0.294. The van der Waals surface area contributed by atoms with Gasteiger partial charge in [0.1, 0.15) is 5.82 Å². The van der Waals surface area contributed by atoms with Crippen LogP contribution in [0.15, 0.2) is 42.5 Å². The van der Waals surface area contributed by atoms with Crippen molar-refractivity contribution >= 4 is 5.69 Å². The van der Waals surface area contributed by atoms with E-state index >= 15 is 0 Å². The first-order valence-electron chi connectivity index (χ1n) is 7.01. The fourth-order valence-corrected chi connectivity index (χ4v) is 2.86. The lowest BCUT2D eigenvalue weighted by Gasteiger charge is -2.16. The van der Waals surface area contributed by atoms with Crippen LogP contribution < -0.4 is 5.32 Å². The maximum atomic E-state index is 13.7. The summed E-state index contributed by atoms with van der Waals surface area (Å²) in [5.41, 5.74) is 4.08. The number of halogens is 1. The second-order valence-corrected chi connectivity index (χ2v) is 5.21. The summed E-state index contributed by atoms with van der Waals surface area (Å²) in [6.45, 7) is 0.169. The van der Waals surface area contributed by atoms with Crippen molar-refractivity contribution in [2.45, 2.75) is 25.3 Å². The SMILES string of the molecule is OCCc1ccc(NC2CCc3c(F)cccc32)cc1. The third kappa shape index (κ3) is 2.54. The molecule has 2 aromatic rings. The van der Waals surface area contributed by atoms with Crippen molar-refractivity contribution in [2.24, 2.45) is 0 Å². The summed E-state index contributed by atoms with van der Waals surface area (Å²) >= 11 is 0. The highest BCUT2D eigenvalue weighted by atomic mass is 19.1. The molecule has 20 heavy (non-hydrogen) atoms. The lowest BCUT2D eigenvalue weighted by molar-refractivity contribution is 0.299. The first-order chi connectivity index (χ1) is 9.78. The van der Waals surface area contributed by atoms with Crippen LogP contribution in [0.4, 0.5) is 10.1 Å². The Morgan fingerprint density at radius 2 is 1.95 bits per heavy atom. The topological polar surface area (TPSA) is 32.3 Å². The Labute approximate surface area is 118 Å². The molecule has 1 aliphatic carbocycles. The van der Waals surface area contributed by atoms with Crippen LogP contribution in [0.3, 0.4) is 0 Å². The number of fused-ring (bicyclic) bond motifs is 1. The van der Waals surface area contributed by atoms with Crippen molar-refractivity contribution < 1.29 is 9.50 Å². The minimum absolute atomic E-state index is 0.0925. The molecule has 0 aliphatic heterocycles. The minimum Gasteiger partial charge on any atom is -0.396 e. The predicted molar refractivity (Wildman–Crippen MR) is 78.3 cm³/mol. The third-order valence-electron chi connectivity index (χ3n) is 3.91. The van der Waals surface area contributed by atoms with Crippen LogP contribution in [0.1, 0.15) is 29.2 Å². The summed E-state index contributed by atoms with van der Waals surface area (Å²) < 4.78 is 13.7. The highest BCUT2D eigenvalue weighted by Crippen LogP contribution is 2.35. The highest BCUT2D eigenvalue weighted by molar-refractivity contribution is 5.49. The number of aliphatic hydroxyl groups is 1. The van der Waals surface area contributed by atoms with Gasteiger partial charge in [0.2, 0.25) is 0 Å². The van der Waals surface area contributed by atoms with Crippen LogP contribution in [0.25, 0.3) is 0 Å². The molecule has 0 saturated carbocycles. The quantitative estimate of drug-likeness (QED) is 0.892. The molecule has 2 nitrogen and oxygen atoms in total. The number of nitrogens with one attached hydrogen (secondary N) is 1. The largest absolute Gasteiger partial charge is 0.396 e. The lowest BCUT2D eigenvalue weighted by atomic mass is 10.1. The molecular weight excluding hydrogens is 253 g/mol. The molecule has 0 heterocycles. The Balaban J connectivity index is 1.75. The summed E-state index contributed by atoms with van der Waals surface area (Å²) in [4.78, 5) is 0. The number of rotatable bonds is 4. The van der Waals surface area contributed by atoms with Gasteiger partial charge < -0.3 is 10.4 Å². The van der Waals surface area contributed by atoms with E-state index in [-0.39, 0.29) is 18.5 Å². The van der Waals surface area contributed by atoms with E-state index in [1.807, 2.05) is 30.3 Å². The Morgan fingerprint density at radius 3 is 2.70 bits per heavy atom. The highest BCUT2D eigenvalue weighted by Gasteiger charge is 2.24. The van der Waals surface area contributed by atoms with E-state index in [9.17, 15) is 4.39 Å². The molecule has 3 rings (SSSR count). The minimum atomic E-state index is -0.0925. The smallest absolute Gasteiger partial charge is 0.126 e. The van der Waals surface area contributed by atoms with E-state index in [0.717, 1.165) is 35.2 Å². The summed E-state index contributed by atoms with van der Waals surface area (Å²) in [6.07, 6.45) is 2.40. The van der Waals surface area contributed by atoms with E-state index in [2.05, 4.69) is 5.32 Å². The lowest BCUT2D eigenvalue weighted by Crippen LogP contribution is -2.07. The Kier molecular flexibility index (Phi) is 3.70. The maximum absolute atomic E-state index is 13.7. The molecule has 0 bridgehead atoms. The first-order valence-corrected chi connectivity index (χ1v) is 7.01. The van der Waals surface area contributed by atoms with Gasteiger partial charge in [-0.25, -0.2) is 4.39 Å². The van der Waals surface area contributed by atoms with Crippen LogP contribution >= 0.6 is 0 Å². The zero-order valence-corrected chi connectivity index (χ0v) is 11.3. The second kappa shape index (κ2) is 5.63. The molecule has 0 aromatic heterocycles. The van der Waals surface area contributed by atoms with Gasteiger partial charge in [0.25, 0.3) is 0 Å². The van der Waals surface area contributed by atoms with Gasteiger partial charge in [-0.2, -0.15) is 0 Å². The van der Waals surface area contributed by atoms with Gasteiger partial charge in [0.15, 0.2) is 0 Å². The Hall–Kier alpha value is -1.87. The van der Waals surface area contributed by atoms with Crippen LogP contribution in [0.2, 0.25) is 0 Å². The average molecular weight is 271 g/mol. The summed E-state index contributed by atoms with van der Waals surface area (Å²) in [5.74, 6) is -0.0925. The van der Waals surface area contributed by atoms with Gasteiger partial charge in [0, 0.05) is 12.3 Å². The van der Waals surface area contributed by atoms with Crippen molar-refractivity contribution in [1.82, 2.24) is 0 Å². The molecule has 0 radical (unpaired) electrons. The van der Waals surface area contributed by atoms with Gasteiger partial charge >= 0.3 is 0 Å². The van der Waals surface area contributed by atoms with E-state index in [4.69, 9.17) is 5.11 Å². The van der Waals surface area contributed by atoms with E-state index < -0.39 is 0 Å². The van der Waals surface area contributed by atoms with Gasteiger partial charge in [-0.1, -0.05) is 24.3 Å². The fourth-order valence-electron chi connectivity index (χ4n) is 2.86. The summed E-state index contributed by atoms with van der Waals surface area (Å²) in [6, 6.07) is 13.6. The molecule has 0 spiro atoms. The summed E-state index contributed by atoms with van der Waals surface area (Å²) in [5, 5.41) is 12.4. The number of benzene rings is 2. The normalized spacial score (nSPS) is 17.0. The van der Waals surface area contributed by atoms with E-state index in [1.54, 1.807) is 6.07 Å². The number of aliphatic hydroxyl groups excluding tert-OH is 1. The number of anilines is 1. The van der Waals surface area contributed by atoms with Crippen molar-refractivity contribution in [2.75, 3.05) is 11.9 Å². The molecule has 2 N–H and O–H groups in total. The molecule has 1 aliphatic rings. The zero-order valence-electron chi connectivity index (χ0n) is 11.3. The molecule has 2 aromatic carbocycles. The molecule has 0 fully saturated rings. The molecule has 0 saturated heterocycles. The van der Waals surface area contributed by atoms with Gasteiger partial charge in [-0.15, -0.1) is 0 Å². The first kappa shape index (κ1) is 13.1. The van der Waals surface area contributed by atoms with Crippen LogP contribution in [0, 0.1) is 5.82 Å². The van der Waals surface area contributed by atoms with Crippen molar-refractivity contribution in [3.8, 4) is 0 Å². The molecule has 1 atom stereocenters. The Bertz CT molecular complexity index is 594. The van der Waals surface area contributed by atoms with Gasteiger partial charge in [-0.05, 0) is 54.2 Å². The van der Waals surface area contributed by atoms with Gasteiger partial charge in [0.05, 0.1) is 6.04 Å². The van der Waals surface area contributed by atoms with E-state index in [1.165, 1.54) is 6.07 Å². The average Bonchev–Trinajstić information content (AvgIpc) is 2.86. The van der Waals surface area contributed by atoms with Gasteiger partial charge in [-0.3, -0.25) is 0 Å². The van der Waals surface area contributed by atoms with E-state index in [0.29, 0.717) is 6.42 Å². The zero-order chi connectivity index (χ0) is 13.9. The standard InChI is InChI=1S/C17H18FNO/c18-16-3-1-2-15-14(16)8-9-17(15)19-13-6-4-12(5-7-13)10-11-20/h1-7,17,19-20H,8-11H2. The molecule has 3 heteroatoms. The molecule has 1 unspecified atom stereocenters. The number of hydrogen-bond donors (Lipinski definition) is 2. The maximum Gasteiger partial charge on any atom is 0.126 e. The van der Waals surface area contributed by atoms with Crippen LogP contribution in [-0.4, -0.2) is 11.7 Å². The third-order valence-corrected chi connectivity index (χ3v) is 3.91. The number of hydrogen-bond acceptors (Lipinski definition) is 2. The van der Waals surface area contributed by atoms with Crippen LogP contribution in [0.5, 0.6) is 0 Å². The summed E-state index contributed by atoms with van der Waals surface area (Å²) in [7, 11) is 0. The van der Waals surface area contributed by atoms with Crippen molar-refractivity contribution in [1.29, 1.82) is 0 Å². The van der Waals surface area contributed by atoms with Crippen molar-refractivity contribution in [3.05, 3.63) is 65.0 Å². The molecular formula is C17H18FNO. The monoisotopic (exact) mass is 271 g/mol. The second-order valence-electron chi connectivity index (χ2n) is 5.21. The Morgan fingerprint density at radius 1 is 1.15 bits per heavy atom. The molecule has 0 amide bonds.